The summed E-state index contributed by atoms with van der Waals surface area (Å²) in [4.78, 5) is 27.1. The fourth-order valence-electron chi connectivity index (χ4n) is 4.58. The molecule has 34 heavy (non-hydrogen) atoms. The molecule has 2 amide bonds. The number of aliphatic hydroxyl groups is 1. The molecule has 0 spiro atoms. The van der Waals surface area contributed by atoms with E-state index in [4.69, 9.17) is 0 Å². The van der Waals surface area contributed by atoms with E-state index in [1.807, 2.05) is 6.07 Å². The van der Waals surface area contributed by atoms with E-state index in [1.54, 1.807) is 18.2 Å². The second-order valence-corrected chi connectivity index (χ2v) is 9.65. The van der Waals surface area contributed by atoms with E-state index in [9.17, 15) is 27.9 Å². The summed E-state index contributed by atoms with van der Waals surface area (Å²) in [7, 11) is 0. The predicted molar refractivity (Wildman–Crippen MR) is 121 cm³/mol. The van der Waals surface area contributed by atoms with E-state index in [0.29, 0.717) is 24.1 Å². The van der Waals surface area contributed by atoms with Crippen LogP contribution in [0.5, 0.6) is 0 Å². The molecule has 0 radical (unpaired) electrons. The first-order valence-corrected chi connectivity index (χ1v) is 11.2. The van der Waals surface area contributed by atoms with Crippen molar-refractivity contribution in [1.29, 1.82) is 0 Å². The number of carbonyl (C=O) groups is 2. The standard InChI is InChI=1S/C25H28F3N3O3/c1-24(2)13-31(14-25(24,27)28)23(34)21(32)20(12-15-5-3-6-16(26)11-15)30-22(33)18-7-4-8-19-17(18)9-10-29-19/h3-8,11,20-21,29,32H,9-10,12-14H2,1-2H3,(H,30,33). The molecule has 0 bridgehead atoms. The van der Waals surface area contributed by atoms with Crippen molar-refractivity contribution < 1.29 is 27.9 Å². The number of rotatable bonds is 6. The monoisotopic (exact) mass is 475 g/mol. The van der Waals surface area contributed by atoms with Crippen LogP contribution in [-0.2, 0) is 17.6 Å². The maximum atomic E-state index is 14.4. The van der Waals surface area contributed by atoms with Gasteiger partial charge in [-0.1, -0.05) is 32.0 Å². The topological polar surface area (TPSA) is 81.7 Å². The number of nitrogens with one attached hydrogen (secondary N) is 2. The van der Waals surface area contributed by atoms with Crippen molar-refractivity contribution in [3.63, 3.8) is 0 Å². The predicted octanol–water partition coefficient (Wildman–Crippen LogP) is 3.00. The zero-order valence-corrected chi connectivity index (χ0v) is 19.1. The van der Waals surface area contributed by atoms with Crippen LogP contribution in [0.2, 0.25) is 0 Å². The molecule has 2 unspecified atom stereocenters. The average molecular weight is 476 g/mol. The van der Waals surface area contributed by atoms with Gasteiger partial charge in [0.15, 0.2) is 6.10 Å². The maximum Gasteiger partial charge on any atom is 0.271 e. The molecule has 6 nitrogen and oxygen atoms in total. The van der Waals surface area contributed by atoms with Crippen LogP contribution in [0.1, 0.15) is 35.3 Å². The average Bonchev–Trinajstić information content (AvgIpc) is 3.33. The SMILES string of the molecule is CC1(C)CN(C(=O)C(O)C(Cc2cccc(F)c2)NC(=O)c2cccc3c2CCN3)CC1(F)F. The number of halogens is 3. The number of carbonyl (C=O) groups excluding carboxylic acids is 2. The molecule has 1 fully saturated rings. The third kappa shape index (κ3) is 4.61. The third-order valence-electron chi connectivity index (χ3n) is 6.68. The first-order chi connectivity index (χ1) is 16.0. The number of fused-ring (bicyclic) bond motifs is 1. The normalized spacial score (nSPS) is 19.8. The van der Waals surface area contributed by atoms with Crippen molar-refractivity contribution in [2.45, 2.75) is 44.8 Å². The van der Waals surface area contributed by atoms with Crippen molar-refractivity contribution in [2.24, 2.45) is 5.41 Å². The molecular weight excluding hydrogens is 447 g/mol. The molecule has 2 aliphatic heterocycles. The first kappa shape index (κ1) is 24.1. The first-order valence-electron chi connectivity index (χ1n) is 11.2. The second kappa shape index (κ2) is 8.94. The van der Waals surface area contributed by atoms with Crippen molar-refractivity contribution >= 4 is 17.5 Å². The third-order valence-corrected chi connectivity index (χ3v) is 6.68. The Morgan fingerprint density at radius 1 is 1.18 bits per heavy atom. The van der Waals surface area contributed by atoms with Crippen molar-refractivity contribution in [3.05, 3.63) is 65.0 Å². The Balaban J connectivity index is 1.58. The zero-order valence-electron chi connectivity index (χ0n) is 19.1. The van der Waals surface area contributed by atoms with Crippen LogP contribution in [-0.4, -0.2) is 59.5 Å². The lowest BCUT2D eigenvalue weighted by molar-refractivity contribution is -0.142. The van der Waals surface area contributed by atoms with E-state index in [1.165, 1.54) is 32.0 Å². The molecule has 9 heteroatoms. The Hall–Kier alpha value is -3.07. The molecule has 182 valence electrons. The molecule has 2 aromatic rings. The molecule has 0 saturated carbocycles. The van der Waals surface area contributed by atoms with Crippen LogP contribution in [0.15, 0.2) is 42.5 Å². The summed E-state index contributed by atoms with van der Waals surface area (Å²) in [5, 5.41) is 16.8. The van der Waals surface area contributed by atoms with Crippen molar-refractivity contribution in [3.8, 4) is 0 Å². The Bertz CT molecular complexity index is 1090. The minimum atomic E-state index is -3.11. The lowest BCUT2D eigenvalue weighted by atomic mass is 9.89. The van der Waals surface area contributed by atoms with E-state index >= 15 is 0 Å². The molecule has 1 saturated heterocycles. The summed E-state index contributed by atoms with van der Waals surface area (Å²) in [5.74, 6) is -5.01. The molecule has 3 N–H and O–H groups in total. The Kier molecular flexibility index (Phi) is 6.33. The van der Waals surface area contributed by atoms with Crippen LogP contribution >= 0.6 is 0 Å². The van der Waals surface area contributed by atoms with Crippen LogP contribution in [0, 0.1) is 11.2 Å². The van der Waals surface area contributed by atoms with Gasteiger partial charge in [-0.2, -0.15) is 0 Å². The Morgan fingerprint density at radius 3 is 2.59 bits per heavy atom. The number of hydrogen-bond acceptors (Lipinski definition) is 4. The Morgan fingerprint density at radius 2 is 1.91 bits per heavy atom. The number of aliphatic hydroxyl groups excluding tert-OH is 1. The highest BCUT2D eigenvalue weighted by molar-refractivity contribution is 5.98. The number of amides is 2. The highest BCUT2D eigenvalue weighted by Gasteiger charge is 2.56. The van der Waals surface area contributed by atoms with Gasteiger partial charge < -0.3 is 20.6 Å². The number of likely N-dealkylation sites (tertiary alicyclic amines) is 1. The van der Waals surface area contributed by atoms with Gasteiger partial charge in [0.25, 0.3) is 17.7 Å². The summed E-state index contributed by atoms with van der Waals surface area (Å²) in [6, 6.07) is 9.68. The lowest BCUT2D eigenvalue weighted by Gasteiger charge is -2.28. The highest BCUT2D eigenvalue weighted by atomic mass is 19.3. The molecule has 0 aromatic heterocycles. The van der Waals surface area contributed by atoms with Crippen molar-refractivity contribution in [1.82, 2.24) is 10.2 Å². The molecule has 2 aromatic carbocycles. The maximum absolute atomic E-state index is 14.4. The summed E-state index contributed by atoms with van der Waals surface area (Å²) < 4.78 is 42.5. The number of nitrogens with zero attached hydrogens (tertiary/aromatic N) is 1. The molecule has 2 heterocycles. The minimum absolute atomic E-state index is 0.0582. The molecule has 0 aliphatic carbocycles. The van der Waals surface area contributed by atoms with Gasteiger partial charge in [-0.3, -0.25) is 9.59 Å². The molecule has 2 atom stereocenters. The Labute approximate surface area is 196 Å². The van der Waals surface area contributed by atoms with Crippen LogP contribution < -0.4 is 10.6 Å². The number of anilines is 1. The second-order valence-electron chi connectivity index (χ2n) is 9.65. The van der Waals surface area contributed by atoms with Gasteiger partial charge >= 0.3 is 0 Å². The number of hydrogen-bond donors (Lipinski definition) is 3. The quantitative estimate of drug-likeness (QED) is 0.600. The van der Waals surface area contributed by atoms with Crippen LogP contribution in [0.25, 0.3) is 0 Å². The van der Waals surface area contributed by atoms with Crippen LogP contribution in [0.3, 0.4) is 0 Å². The fourth-order valence-corrected chi connectivity index (χ4v) is 4.58. The van der Waals surface area contributed by atoms with E-state index in [0.717, 1.165) is 16.2 Å². The van der Waals surface area contributed by atoms with Gasteiger partial charge in [0.1, 0.15) is 5.82 Å². The van der Waals surface area contributed by atoms with Gasteiger partial charge in [0, 0.05) is 29.8 Å². The largest absolute Gasteiger partial charge is 0.384 e. The molecular formula is C25H28F3N3O3. The summed E-state index contributed by atoms with van der Waals surface area (Å²) in [5.41, 5.74) is 1.07. The van der Waals surface area contributed by atoms with Gasteiger partial charge in [-0.05, 0) is 48.2 Å². The summed E-state index contributed by atoms with van der Waals surface area (Å²) in [6.07, 6.45) is -1.20. The minimum Gasteiger partial charge on any atom is -0.384 e. The van der Waals surface area contributed by atoms with Gasteiger partial charge in [-0.15, -0.1) is 0 Å². The number of alkyl halides is 2. The van der Waals surface area contributed by atoms with Gasteiger partial charge in [0.05, 0.1) is 12.6 Å². The lowest BCUT2D eigenvalue weighted by Crippen LogP contribution is -2.52. The smallest absolute Gasteiger partial charge is 0.271 e. The highest BCUT2D eigenvalue weighted by Crippen LogP contribution is 2.43. The van der Waals surface area contributed by atoms with E-state index < -0.39 is 47.7 Å². The van der Waals surface area contributed by atoms with Crippen LogP contribution in [0.4, 0.5) is 18.9 Å². The molecule has 2 aliphatic rings. The zero-order chi connectivity index (χ0) is 24.7. The molecule has 4 rings (SSSR count). The van der Waals surface area contributed by atoms with Gasteiger partial charge in [-0.25, -0.2) is 13.2 Å². The van der Waals surface area contributed by atoms with Gasteiger partial charge in [0.2, 0.25) is 0 Å². The summed E-state index contributed by atoms with van der Waals surface area (Å²) >= 11 is 0. The van der Waals surface area contributed by atoms with E-state index in [2.05, 4.69) is 10.6 Å². The van der Waals surface area contributed by atoms with E-state index in [-0.39, 0.29) is 13.0 Å². The number of benzene rings is 2. The fraction of sp³-hybridized carbons (Fsp3) is 0.440. The summed E-state index contributed by atoms with van der Waals surface area (Å²) in [6.45, 7) is 2.38. The van der Waals surface area contributed by atoms with Crippen molar-refractivity contribution in [2.75, 3.05) is 25.0 Å².